The summed E-state index contributed by atoms with van der Waals surface area (Å²) in [4.78, 5) is 0. The van der Waals surface area contributed by atoms with Crippen LogP contribution in [0.15, 0.2) is 42.5 Å². The van der Waals surface area contributed by atoms with Crippen molar-refractivity contribution in [3.8, 4) is 0 Å². The molecule has 4 heteroatoms. The third kappa shape index (κ3) is 3.94. The minimum atomic E-state index is -0.568. The zero-order valence-corrected chi connectivity index (χ0v) is 11.6. The molecule has 0 N–H and O–H groups in total. The highest BCUT2D eigenvalue weighted by Gasteiger charge is 1.93. The standard InChI is InChI=1S/C10H7Cl.C2H8O2Si/c11-10-7-3-5-8-4-1-2-6-9(8)10;1-3-5-4-2/h1-7H;5H2,1-2H3. The third-order valence-electron chi connectivity index (χ3n) is 1.97. The maximum absolute atomic E-state index is 5.96. The van der Waals surface area contributed by atoms with Crippen molar-refractivity contribution < 1.29 is 8.85 Å². The summed E-state index contributed by atoms with van der Waals surface area (Å²) in [6.45, 7) is 0. The number of rotatable bonds is 2. The number of halogens is 1. The van der Waals surface area contributed by atoms with Gasteiger partial charge in [-0.05, 0) is 11.5 Å². The Morgan fingerprint density at radius 2 is 1.56 bits per heavy atom. The molecule has 0 bridgehead atoms. The Bertz CT molecular complexity index is 427. The van der Waals surface area contributed by atoms with Gasteiger partial charge >= 0.3 is 10.0 Å². The van der Waals surface area contributed by atoms with Crippen molar-refractivity contribution in [2.24, 2.45) is 0 Å². The van der Waals surface area contributed by atoms with Gasteiger partial charge in [0.05, 0.1) is 0 Å². The maximum Gasteiger partial charge on any atom is 0.303 e. The first kappa shape index (κ1) is 13.2. The molecule has 0 aliphatic carbocycles. The van der Waals surface area contributed by atoms with Gasteiger partial charge in [0, 0.05) is 24.6 Å². The summed E-state index contributed by atoms with van der Waals surface area (Å²) in [6, 6.07) is 14.0. The van der Waals surface area contributed by atoms with Crippen molar-refractivity contribution in [1.29, 1.82) is 0 Å². The first-order valence-electron chi connectivity index (χ1n) is 4.90. The Morgan fingerprint density at radius 1 is 0.938 bits per heavy atom. The van der Waals surface area contributed by atoms with Crippen LogP contribution in [0.4, 0.5) is 0 Å². The molecule has 0 unspecified atom stereocenters. The molecular weight excluding hydrogens is 240 g/mol. The van der Waals surface area contributed by atoms with Crippen molar-refractivity contribution in [2.75, 3.05) is 14.2 Å². The summed E-state index contributed by atoms with van der Waals surface area (Å²) in [5, 5.41) is 3.14. The Balaban J connectivity index is 0.000000221. The highest BCUT2D eigenvalue weighted by atomic mass is 35.5. The van der Waals surface area contributed by atoms with Gasteiger partial charge < -0.3 is 8.85 Å². The summed E-state index contributed by atoms with van der Waals surface area (Å²) >= 11 is 5.96. The van der Waals surface area contributed by atoms with Gasteiger partial charge in [-0.2, -0.15) is 0 Å². The van der Waals surface area contributed by atoms with Crippen LogP contribution in [-0.4, -0.2) is 24.2 Å². The van der Waals surface area contributed by atoms with Crippen LogP contribution >= 0.6 is 11.6 Å². The lowest BCUT2D eigenvalue weighted by Gasteiger charge is -1.97. The predicted octanol–water partition coefficient (Wildman–Crippen LogP) is 2.77. The molecule has 16 heavy (non-hydrogen) atoms. The number of hydrogen-bond donors (Lipinski definition) is 0. The first-order valence-corrected chi connectivity index (χ1v) is 6.44. The van der Waals surface area contributed by atoms with Crippen LogP contribution in [0.25, 0.3) is 10.8 Å². The van der Waals surface area contributed by atoms with E-state index in [-0.39, 0.29) is 0 Å². The van der Waals surface area contributed by atoms with Crippen molar-refractivity contribution in [3.05, 3.63) is 47.5 Å². The second-order valence-electron chi connectivity index (χ2n) is 3.16. The number of fused-ring (bicyclic) bond motifs is 1. The zero-order valence-electron chi connectivity index (χ0n) is 9.44. The lowest BCUT2D eigenvalue weighted by Crippen LogP contribution is -1.93. The SMILES string of the molecule is CO[SiH2]OC.Clc1cccc2ccccc12. The van der Waals surface area contributed by atoms with E-state index in [9.17, 15) is 0 Å². The molecule has 0 aliphatic heterocycles. The molecule has 0 radical (unpaired) electrons. The summed E-state index contributed by atoms with van der Waals surface area (Å²) in [7, 11) is 2.73. The van der Waals surface area contributed by atoms with Crippen LogP contribution in [0.5, 0.6) is 0 Å². The average Bonchev–Trinajstić information content (AvgIpc) is 2.32. The molecule has 0 aromatic heterocycles. The Morgan fingerprint density at radius 3 is 2.12 bits per heavy atom. The van der Waals surface area contributed by atoms with Gasteiger partial charge in [0.25, 0.3) is 0 Å². The van der Waals surface area contributed by atoms with Gasteiger partial charge in [0.15, 0.2) is 0 Å². The Hall–Kier alpha value is -0.873. The molecule has 86 valence electrons. The van der Waals surface area contributed by atoms with Crippen LogP contribution < -0.4 is 0 Å². The topological polar surface area (TPSA) is 18.5 Å². The fourth-order valence-corrected chi connectivity index (χ4v) is 1.78. The summed E-state index contributed by atoms with van der Waals surface area (Å²) < 4.78 is 9.22. The molecular formula is C12H15ClO2Si. The first-order chi connectivity index (χ1) is 7.79. The molecule has 2 nitrogen and oxygen atoms in total. The number of benzene rings is 2. The zero-order chi connectivity index (χ0) is 11.8. The summed E-state index contributed by atoms with van der Waals surface area (Å²) in [5.41, 5.74) is 0. The molecule has 0 saturated heterocycles. The number of hydrogen-bond acceptors (Lipinski definition) is 2. The quantitative estimate of drug-likeness (QED) is 0.768. The van der Waals surface area contributed by atoms with Gasteiger partial charge in [0.1, 0.15) is 0 Å². The van der Waals surface area contributed by atoms with E-state index in [0.29, 0.717) is 0 Å². The minimum absolute atomic E-state index is 0.568. The highest BCUT2D eigenvalue weighted by Crippen LogP contribution is 2.21. The summed E-state index contributed by atoms with van der Waals surface area (Å²) in [5.74, 6) is 0. The monoisotopic (exact) mass is 254 g/mol. The Kier molecular flexibility index (Phi) is 6.11. The second kappa shape index (κ2) is 7.41. The van der Waals surface area contributed by atoms with E-state index in [1.807, 2.05) is 30.3 Å². The highest BCUT2D eigenvalue weighted by molar-refractivity contribution is 6.35. The molecule has 0 atom stereocenters. The predicted molar refractivity (Wildman–Crippen MR) is 71.5 cm³/mol. The smallest absolute Gasteiger partial charge is 0.303 e. The van der Waals surface area contributed by atoms with Crippen molar-refractivity contribution >= 4 is 32.4 Å². The van der Waals surface area contributed by atoms with E-state index in [1.54, 1.807) is 14.2 Å². The molecule has 0 aliphatic rings. The summed E-state index contributed by atoms with van der Waals surface area (Å²) in [6.07, 6.45) is 0. The van der Waals surface area contributed by atoms with Crippen molar-refractivity contribution in [3.63, 3.8) is 0 Å². The van der Waals surface area contributed by atoms with Crippen LogP contribution in [0.3, 0.4) is 0 Å². The normalized spacial score (nSPS) is 9.69. The van der Waals surface area contributed by atoms with Crippen molar-refractivity contribution in [1.82, 2.24) is 0 Å². The molecule has 2 aromatic rings. The molecule has 0 amide bonds. The van der Waals surface area contributed by atoms with E-state index in [1.165, 1.54) is 5.39 Å². The van der Waals surface area contributed by atoms with Gasteiger partial charge in [-0.1, -0.05) is 48.0 Å². The van der Waals surface area contributed by atoms with Crippen molar-refractivity contribution in [2.45, 2.75) is 0 Å². The van der Waals surface area contributed by atoms with Crippen LogP contribution in [-0.2, 0) is 8.85 Å². The second-order valence-corrected chi connectivity index (χ2v) is 4.95. The average molecular weight is 255 g/mol. The van der Waals surface area contributed by atoms with Gasteiger partial charge in [-0.25, -0.2) is 0 Å². The fraction of sp³-hybridized carbons (Fsp3) is 0.167. The molecule has 2 aromatic carbocycles. The molecule has 0 heterocycles. The van der Waals surface area contributed by atoms with Gasteiger partial charge in [-0.15, -0.1) is 0 Å². The lowest BCUT2D eigenvalue weighted by atomic mass is 10.1. The van der Waals surface area contributed by atoms with Crippen LogP contribution in [0.1, 0.15) is 0 Å². The van der Waals surface area contributed by atoms with Gasteiger partial charge in [0.2, 0.25) is 0 Å². The van der Waals surface area contributed by atoms with E-state index >= 15 is 0 Å². The third-order valence-corrected chi connectivity index (χ3v) is 2.77. The molecule has 0 spiro atoms. The molecule has 0 fully saturated rings. The Labute approximate surface area is 103 Å². The maximum atomic E-state index is 5.96. The van der Waals surface area contributed by atoms with E-state index in [2.05, 4.69) is 21.0 Å². The van der Waals surface area contributed by atoms with E-state index < -0.39 is 10.0 Å². The van der Waals surface area contributed by atoms with E-state index in [4.69, 9.17) is 11.6 Å². The largest absolute Gasteiger partial charge is 0.402 e. The molecule has 0 saturated carbocycles. The van der Waals surface area contributed by atoms with Crippen LogP contribution in [0, 0.1) is 0 Å². The molecule has 2 rings (SSSR count). The minimum Gasteiger partial charge on any atom is -0.402 e. The fourth-order valence-electron chi connectivity index (χ4n) is 1.30. The lowest BCUT2D eigenvalue weighted by molar-refractivity contribution is 0.309. The van der Waals surface area contributed by atoms with Crippen LogP contribution in [0.2, 0.25) is 5.02 Å². The van der Waals surface area contributed by atoms with Gasteiger partial charge in [-0.3, -0.25) is 0 Å². The van der Waals surface area contributed by atoms with E-state index in [0.717, 1.165) is 10.4 Å².